The van der Waals surface area contributed by atoms with E-state index in [1.165, 1.54) is 25.7 Å². The number of hydrogen-bond donors (Lipinski definition) is 1. The van der Waals surface area contributed by atoms with E-state index < -0.39 is 0 Å². The number of ether oxygens (including phenoxy) is 2. The molecule has 0 amide bonds. The molecule has 0 aromatic rings. The quantitative estimate of drug-likeness (QED) is 0.670. The SMILES string of the molecule is COCCOCCN(C)C1(CN)CCC(C)CC1. The van der Waals surface area contributed by atoms with Gasteiger partial charge in [0.25, 0.3) is 0 Å². The average Bonchev–Trinajstić information content (AvgIpc) is 2.39. The molecule has 0 spiro atoms. The predicted octanol–water partition coefficient (Wildman–Crippen LogP) is 1.49. The third-order valence-electron chi connectivity index (χ3n) is 4.40. The Morgan fingerprint density at radius 3 is 2.44 bits per heavy atom. The topological polar surface area (TPSA) is 47.7 Å². The summed E-state index contributed by atoms with van der Waals surface area (Å²) in [6.07, 6.45) is 5.04. The van der Waals surface area contributed by atoms with Crippen LogP contribution in [0.4, 0.5) is 0 Å². The van der Waals surface area contributed by atoms with Crippen molar-refractivity contribution in [3.63, 3.8) is 0 Å². The van der Waals surface area contributed by atoms with Crippen LogP contribution >= 0.6 is 0 Å². The minimum absolute atomic E-state index is 0.205. The molecule has 2 N–H and O–H groups in total. The molecule has 0 aliphatic heterocycles. The van der Waals surface area contributed by atoms with Crippen LogP contribution in [0.3, 0.4) is 0 Å². The van der Waals surface area contributed by atoms with Gasteiger partial charge in [-0.15, -0.1) is 0 Å². The van der Waals surface area contributed by atoms with Crippen molar-refractivity contribution in [3.05, 3.63) is 0 Å². The first-order valence-electron chi connectivity index (χ1n) is 7.12. The van der Waals surface area contributed by atoms with E-state index in [0.29, 0.717) is 13.2 Å². The van der Waals surface area contributed by atoms with Crippen LogP contribution in [-0.4, -0.2) is 57.5 Å². The molecular weight excluding hydrogens is 228 g/mol. The van der Waals surface area contributed by atoms with Crippen molar-refractivity contribution in [3.8, 4) is 0 Å². The van der Waals surface area contributed by atoms with Crippen LogP contribution in [0.25, 0.3) is 0 Å². The number of likely N-dealkylation sites (N-methyl/N-ethyl adjacent to an activating group) is 1. The number of rotatable bonds is 8. The van der Waals surface area contributed by atoms with Gasteiger partial charge in [0.1, 0.15) is 0 Å². The van der Waals surface area contributed by atoms with Crippen LogP contribution in [-0.2, 0) is 9.47 Å². The molecule has 1 aliphatic carbocycles. The molecule has 0 unspecified atom stereocenters. The van der Waals surface area contributed by atoms with Gasteiger partial charge < -0.3 is 15.2 Å². The van der Waals surface area contributed by atoms with Gasteiger partial charge in [0.15, 0.2) is 0 Å². The lowest BCUT2D eigenvalue weighted by Gasteiger charge is -2.45. The summed E-state index contributed by atoms with van der Waals surface area (Å²) in [5, 5.41) is 0. The molecule has 1 rings (SSSR count). The highest BCUT2D eigenvalue weighted by atomic mass is 16.5. The molecule has 0 aromatic carbocycles. The van der Waals surface area contributed by atoms with Crippen molar-refractivity contribution in [2.45, 2.75) is 38.1 Å². The van der Waals surface area contributed by atoms with Crippen LogP contribution in [0, 0.1) is 5.92 Å². The molecule has 0 aromatic heterocycles. The van der Waals surface area contributed by atoms with Gasteiger partial charge in [-0.05, 0) is 38.6 Å². The zero-order valence-electron chi connectivity index (χ0n) is 12.3. The van der Waals surface area contributed by atoms with Crippen molar-refractivity contribution in [2.24, 2.45) is 11.7 Å². The van der Waals surface area contributed by atoms with Gasteiger partial charge in [-0.2, -0.15) is 0 Å². The minimum Gasteiger partial charge on any atom is -0.382 e. The Kier molecular flexibility index (Phi) is 7.15. The van der Waals surface area contributed by atoms with E-state index in [4.69, 9.17) is 15.2 Å². The molecule has 18 heavy (non-hydrogen) atoms. The summed E-state index contributed by atoms with van der Waals surface area (Å²) < 4.78 is 10.5. The Bertz CT molecular complexity index is 216. The largest absolute Gasteiger partial charge is 0.382 e. The maximum absolute atomic E-state index is 6.03. The second kappa shape index (κ2) is 8.10. The molecule has 0 heterocycles. The maximum atomic E-state index is 6.03. The summed E-state index contributed by atoms with van der Waals surface area (Å²) in [4.78, 5) is 2.41. The normalized spacial score (nSPS) is 28.8. The van der Waals surface area contributed by atoms with E-state index >= 15 is 0 Å². The predicted molar refractivity (Wildman–Crippen MR) is 74.7 cm³/mol. The van der Waals surface area contributed by atoms with Crippen LogP contribution in [0.2, 0.25) is 0 Å². The number of methoxy groups -OCH3 is 1. The van der Waals surface area contributed by atoms with E-state index in [-0.39, 0.29) is 5.54 Å². The monoisotopic (exact) mass is 258 g/mol. The highest BCUT2D eigenvalue weighted by molar-refractivity contribution is 4.94. The van der Waals surface area contributed by atoms with Crippen LogP contribution in [0.15, 0.2) is 0 Å². The second-order valence-electron chi connectivity index (χ2n) is 5.64. The lowest BCUT2D eigenvalue weighted by atomic mass is 9.76. The zero-order valence-corrected chi connectivity index (χ0v) is 12.3. The van der Waals surface area contributed by atoms with Crippen molar-refractivity contribution < 1.29 is 9.47 Å². The first-order chi connectivity index (χ1) is 8.64. The fraction of sp³-hybridized carbons (Fsp3) is 1.00. The Hall–Kier alpha value is -0.160. The van der Waals surface area contributed by atoms with E-state index in [0.717, 1.165) is 25.6 Å². The highest BCUT2D eigenvalue weighted by Gasteiger charge is 2.36. The third kappa shape index (κ3) is 4.50. The summed E-state index contributed by atoms with van der Waals surface area (Å²) in [5.41, 5.74) is 6.24. The molecule has 1 saturated carbocycles. The molecule has 1 aliphatic rings. The van der Waals surface area contributed by atoms with Gasteiger partial charge in [0, 0.05) is 25.7 Å². The maximum Gasteiger partial charge on any atom is 0.0700 e. The van der Waals surface area contributed by atoms with Gasteiger partial charge in [-0.25, -0.2) is 0 Å². The molecule has 4 nitrogen and oxygen atoms in total. The van der Waals surface area contributed by atoms with Crippen molar-refractivity contribution >= 4 is 0 Å². The van der Waals surface area contributed by atoms with E-state index in [1.807, 2.05) is 0 Å². The fourth-order valence-corrected chi connectivity index (χ4v) is 2.72. The molecular formula is C14H30N2O2. The van der Waals surface area contributed by atoms with Gasteiger partial charge in [0.05, 0.1) is 19.8 Å². The average molecular weight is 258 g/mol. The van der Waals surface area contributed by atoms with Crippen LogP contribution < -0.4 is 5.73 Å². The first-order valence-corrected chi connectivity index (χ1v) is 7.12. The Balaban J connectivity index is 2.30. The van der Waals surface area contributed by atoms with Gasteiger partial charge in [0.2, 0.25) is 0 Å². The summed E-state index contributed by atoms with van der Waals surface area (Å²) >= 11 is 0. The molecule has 4 heteroatoms. The molecule has 1 fully saturated rings. The van der Waals surface area contributed by atoms with Gasteiger partial charge in [-0.1, -0.05) is 6.92 Å². The Morgan fingerprint density at radius 1 is 1.22 bits per heavy atom. The molecule has 108 valence electrons. The van der Waals surface area contributed by atoms with E-state index in [9.17, 15) is 0 Å². The van der Waals surface area contributed by atoms with E-state index in [2.05, 4.69) is 18.9 Å². The summed E-state index contributed by atoms with van der Waals surface area (Å²) in [5.74, 6) is 0.857. The third-order valence-corrected chi connectivity index (χ3v) is 4.40. The smallest absolute Gasteiger partial charge is 0.0700 e. The molecule has 0 radical (unpaired) electrons. The Morgan fingerprint density at radius 2 is 1.89 bits per heavy atom. The minimum atomic E-state index is 0.205. The second-order valence-corrected chi connectivity index (χ2v) is 5.64. The molecule has 0 bridgehead atoms. The van der Waals surface area contributed by atoms with Crippen molar-refractivity contribution in [1.82, 2.24) is 4.90 Å². The first kappa shape index (κ1) is 15.9. The van der Waals surface area contributed by atoms with E-state index in [1.54, 1.807) is 7.11 Å². The lowest BCUT2D eigenvalue weighted by Crippen LogP contribution is -2.54. The number of hydrogen-bond acceptors (Lipinski definition) is 4. The number of nitrogens with zero attached hydrogens (tertiary/aromatic N) is 1. The zero-order chi connectivity index (χ0) is 13.4. The standard InChI is InChI=1S/C14H30N2O2/c1-13-4-6-14(12-15,7-5-13)16(2)8-9-18-11-10-17-3/h13H,4-12,15H2,1-3H3. The lowest BCUT2D eigenvalue weighted by molar-refractivity contribution is 0.0205. The molecule has 0 atom stereocenters. The molecule has 0 saturated heterocycles. The van der Waals surface area contributed by atoms with Crippen LogP contribution in [0.1, 0.15) is 32.6 Å². The summed E-state index contributed by atoms with van der Waals surface area (Å²) in [6.45, 7) is 6.16. The highest BCUT2D eigenvalue weighted by Crippen LogP contribution is 2.34. The van der Waals surface area contributed by atoms with Crippen LogP contribution in [0.5, 0.6) is 0 Å². The summed E-state index contributed by atoms with van der Waals surface area (Å²) in [6, 6.07) is 0. The fourth-order valence-electron chi connectivity index (χ4n) is 2.72. The van der Waals surface area contributed by atoms with Crippen molar-refractivity contribution in [2.75, 3.05) is 47.1 Å². The van der Waals surface area contributed by atoms with Crippen molar-refractivity contribution in [1.29, 1.82) is 0 Å². The van der Waals surface area contributed by atoms with Gasteiger partial charge in [-0.3, -0.25) is 4.90 Å². The number of nitrogens with two attached hydrogens (primary N) is 1. The summed E-state index contributed by atoms with van der Waals surface area (Å²) in [7, 11) is 3.88. The van der Waals surface area contributed by atoms with Gasteiger partial charge >= 0.3 is 0 Å². The Labute approximate surface area is 112 Å².